The lowest BCUT2D eigenvalue weighted by molar-refractivity contribution is -0.123. The zero-order valence-electron chi connectivity index (χ0n) is 11.0. The molecule has 0 aromatic carbocycles. The van der Waals surface area contributed by atoms with Crippen LogP contribution in [0.2, 0.25) is 0 Å². The minimum atomic E-state index is 0.139. The third-order valence-electron chi connectivity index (χ3n) is 3.76. The third-order valence-corrected chi connectivity index (χ3v) is 3.76. The second-order valence-electron chi connectivity index (χ2n) is 5.36. The first-order valence-electron chi connectivity index (χ1n) is 7.10. The van der Waals surface area contributed by atoms with E-state index in [0.717, 1.165) is 12.8 Å². The molecule has 0 radical (unpaired) electrons. The number of hydrogen-bond acceptors (Lipinski definition) is 2. The molecule has 2 rings (SSSR count). The lowest BCUT2D eigenvalue weighted by atomic mass is 9.96. The van der Waals surface area contributed by atoms with Gasteiger partial charge in [-0.1, -0.05) is 19.3 Å². The summed E-state index contributed by atoms with van der Waals surface area (Å²) in [4.78, 5) is 15.6. The number of aliphatic imine (C=N–C) groups is 1. The van der Waals surface area contributed by atoms with Crippen LogP contribution in [0.15, 0.2) is 4.99 Å². The van der Waals surface area contributed by atoms with Crippen molar-refractivity contribution >= 4 is 11.9 Å². The summed E-state index contributed by atoms with van der Waals surface area (Å²) in [6, 6.07) is 0.654. The highest BCUT2D eigenvalue weighted by molar-refractivity contribution is 5.78. The molecule has 18 heavy (non-hydrogen) atoms. The van der Waals surface area contributed by atoms with Gasteiger partial charge in [-0.25, -0.2) is 0 Å². The molecule has 1 aliphatic carbocycles. The largest absolute Gasteiger partial charge is 0.370 e. The molecule has 1 aliphatic heterocycles. The predicted octanol–water partition coefficient (Wildman–Crippen LogP) is 0.892. The van der Waals surface area contributed by atoms with Crippen molar-refractivity contribution < 1.29 is 4.79 Å². The van der Waals surface area contributed by atoms with Gasteiger partial charge in [-0.05, 0) is 25.7 Å². The second kappa shape index (κ2) is 6.61. The molecule has 2 aliphatic rings. The molecule has 0 aromatic heterocycles. The van der Waals surface area contributed by atoms with Crippen molar-refractivity contribution in [2.45, 2.75) is 63.5 Å². The van der Waals surface area contributed by atoms with E-state index in [1.54, 1.807) is 0 Å². The quantitative estimate of drug-likeness (QED) is 0.515. The van der Waals surface area contributed by atoms with Crippen LogP contribution in [0.3, 0.4) is 0 Å². The number of hydrogen-bond donors (Lipinski definition) is 3. The summed E-state index contributed by atoms with van der Waals surface area (Å²) in [5.74, 6) is 0.669. The fourth-order valence-corrected chi connectivity index (χ4v) is 2.73. The predicted molar refractivity (Wildman–Crippen MR) is 72.3 cm³/mol. The van der Waals surface area contributed by atoms with Crippen molar-refractivity contribution in [1.29, 1.82) is 0 Å². The molecule has 1 amide bonds. The number of rotatable bonds is 3. The molecule has 5 nitrogen and oxygen atoms in total. The molecule has 1 saturated carbocycles. The summed E-state index contributed by atoms with van der Waals surface area (Å²) in [5.41, 5.74) is 5.88. The normalized spacial score (nSPS) is 26.8. The maximum Gasteiger partial charge on any atom is 0.220 e. The summed E-state index contributed by atoms with van der Waals surface area (Å²) < 4.78 is 0. The van der Waals surface area contributed by atoms with Gasteiger partial charge in [-0.15, -0.1) is 0 Å². The number of carbonyl (C=O) groups excluding carboxylic acids is 1. The monoisotopic (exact) mass is 252 g/mol. The molecule has 102 valence electrons. The standard InChI is InChI=1S/C13H24N4O/c14-13(17-10-5-2-1-3-6-10)15-9-11-7-4-8-12(18)16-11/h10-11H,1-9H2,(H,16,18)(H3,14,15,17). The van der Waals surface area contributed by atoms with Crippen molar-refractivity contribution in [3.8, 4) is 0 Å². The van der Waals surface area contributed by atoms with Gasteiger partial charge in [0.1, 0.15) is 0 Å². The summed E-state index contributed by atoms with van der Waals surface area (Å²) >= 11 is 0. The summed E-state index contributed by atoms with van der Waals surface area (Å²) in [6.45, 7) is 0.595. The van der Waals surface area contributed by atoms with E-state index in [2.05, 4.69) is 15.6 Å². The Balaban J connectivity index is 1.72. The Labute approximate surface area is 109 Å². The molecular weight excluding hydrogens is 228 g/mol. The lowest BCUT2D eigenvalue weighted by Crippen LogP contribution is -2.44. The fourth-order valence-electron chi connectivity index (χ4n) is 2.73. The molecule has 5 heteroatoms. The highest BCUT2D eigenvalue weighted by atomic mass is 16.1. The van der Waals surface area contributed by atoms with Crippen LogP contribution >= 0.6 is 0 Å². The van der Waals surface area contributed by atoms with Crippen LogP contribution in [-0.4, -0.2) is 30.5 Å². The van der Waals surface area contributed by atoms with Crippen molar-refractivity contribution in [2.24, 2.45) is 10.7 Å². The van der Waals surface area contributed by atoms with E-state index < -0.39 is 0 Å². The number of nitrogens with two attached hydrogens (primary N) is 1. The molecule has 0 spiro atoms. The van der Waals surface area contributed by atoms with Crippen molar-refractivity contribution in [2.75, 3.05) is 6.54 Å². The topological polar surface area (TPSA) is 79.5 Å². The summed E-state index contributed by atoms with van der Waals surface area (Å²) in [5, 5.41) is 6.23. The third kappa shape index (κ3) is 4.20. The van der Waals surface area contributed by atoms with Crippen molar-refractivity contribution in [1.82, 2.24) is 10.6 Å². The Morgan fingerprint density at radius 3 is 2.78 bits per heavy atom. The van der Waals surface area contributed by atoms with Gasteiger partial charge in [0.15, 0.2) is 5.96 Å². The number of carbonyl (C=O) groups is 1. The average molecular weight is 252 g/mol. The summed E-state index contributed by atoms with van der Waals surface area (Å²) in [6.07, 6.45) is 8.90. The lowest BCUT2D eigenvalue weighted by Gasteiger charge is -2.24. The van der Waals surface area contributed by atoms with Gasteiger partial charge in [0.05, 0.1) is 6.54 Å². The van der Waals surface area contributed by atoms with Gasteiger partial charge in [0.25, 0.3) is 0 Å². The van der Waals surface area contributed by atoms with Crippen LogP contribution in [-0.2, 0) is 4.79 Å². The first kappa shape index (κ1) is 13.2. The first-order valence-corrected chi connectivity index (χ1v) is 7.10. The number of piperidine rings is 1. The smallest absolute Gasteiger partial charge is 0.220 e. The van der Waals surface area contributed by atoms with E-state index in [4.69, 9.17) is 5.73 Å². The zero-order chi connectivity index (χ0) is 12.8. The summed E-state index contributed by atoms with van der Waals surface area (Å²) in [7, 11) is 0. The minimum Gasteiger partial charge on any atom is -0.370 e. The van der Waals surface area contributed by atoms with E-state index >= 15 is 0 Å². The molecular formula is C13H24N4O. The van der Waals surface area contributed by atoms with E-state index in [1.165, 1.54) is 32.1 Å². The maximum absolute atomic E-state index is 11.2. The molecule has 1 atom stereocenters. The highest BCUT2D eigenvalue weighted by Gasteiger charge is 2.18. The molecule has 1 heterocycles. The van der Waals surface area contributed by atoms with Gasteiger partial charge < -0.3 is 16.4 Å². The van der Waals surface area contributed by atoms with Crippen LogP contribution in [0, 0.1) is 0 Å². The van der Waals surface area contributed by atoms with Crippen LogP contribution in [0.4, 0.5) is 0 Å². The Kier molecular flexibility index (Phi) is 4.84. The number of nitrogens with zero attached hydrogens (tertiary/aromatic N) is 1. The number of guanidine groups is 1. The first-order chi connectivity index (χ1) is 8.74. The Bertz CT molecular complexity index is 310. The minimum absolute atomic E-state index is 0.139. The Morgan fingerprint density at radius 2 is 2.06 bits per heavy atom. The van der Waals surface area contributed by atoms with Crippen molar-refractivity contribution in [3.63, 3.8) is 0 Å². The molecule has 0 aromatic rings. The molecule has 1 saturated heterocycles. The van der Waals surface area contributed by atoms with Crippen LogP contribution < -0.4 is 16.4 Å². The van der Waals surface area contributed by atoms with Gasteiger partial charge in [0.2, 0.25) is 5.91 Å². The van der Waals surface area contributed by atoms with Gasteiger partial charge >= 0.3 is 0 Å². The Morgan fingerprint density at radius 1 is 1.28 bits per heavy atom. The van der Waals surface area contributed by atoms with Crippen LogP contribution in [0.25, 0.3) is 0 Å². The van der Waals surface area contributed by atoms with E-state index in [9.17, 15) is 4.79 Å². The maximum atomic E-state index is 11.2. The Hall–Kier alpha value is -1.26. The zero-order valence-corrected chi connectivity index (χ0v) is 11.0. The molecule has 1 unspecified atom stereocenters. The van der Waals surface area contributed by atoms with Gasteiger partial charge in [-0.3, -0.25) is 9.79 Å². The van der Waals surface area contributed by atoms with Crippen LogP contribution in [0.1, 0.15) is 51.4 Å². The fraction of sp³-hybridized carbons (Fsp3) is 0.846. The van der Waals surface area contributed by atoms with Gasteiger partial charge in [-0.2, -0.15) is 0 Å². The highest BCUT2D eigenvalue weighted by Crippen LogP contribution is 2.17. The van der Waals surface area contributed by atoms with Crippen LogP contribution in [0.5, 0.6) is 0 Å². The number of nitrogens with one attached hydrogen (secondary N) is 2. The molecule has 0 bridgehead atoms. The van der Waals surface area contributed by atoms with E-state index in [0.29, 0.717) is 25.0 Å². The second-order valence-corrected chi connectivity index (χ2v) is 5.36. The van der Waals surface area contributed by atoms with E-state index in [1.807, 2.05) is 0 Å². The number of amides is 1. The molecule has 4 N–H and O–H groups in total. The van der Waals surface area contributed by atoms with Crippen molar-refractivity contribution in [3.05, 3.63) is 0 Å². The van der Waals surface area contributed by atoms with E-state index in [-0.39, 0.29) is 11.9 Å². The molecule has 2 fully saturated rings. The van der Waals surface area contributed by atoms with Gasteiger partial charge in [0, 0.05) is 18.5 Å². The SMILES string of the molecule is NC(=NCC1CCCC(=O)N1)NC1CCCCC1. The average Bonchev–Trinajstić information content (AvgIpc) is 2.38.